The van der Waals surface area contributed by atoms with Crippen LogP contribution in [-0.2, 0) is 23.0 Å². The van der Waals surface area contributed by atoms with Gasteiger partial charge in [0.15, 0.2) is 0 Å². The zero-order valence-electron chi connectivity index (χ0n) is 10.3. The summed E-state index contributed by atoms with van der Waals surface area (Å²) in [6.07, 6.45) is 0. The number of benzene rings is 1. The number of ether oxygens (including phenoxy) is 1. The Morgan fingerprint density at radius 2 is 2.06 bits per heavy atom. The number of halogens is 2. The zero-order valence-corrected chi connectivity index (χ0v) is 13.6. The topological polar surface area (TPSA) is 29.5 Å². The summed E-state index contributed by atoms with van der Waals surface area (Å²) in [5.41, 5.74) is 1.86. The average Bonchev–Trinajstić information content (AvgIpc) is 2.36. The number of nitrogens with zero attached hydrogens (tertiary/aromatic N) is 1. The Hall–Kier alpha value is -0.437. The number of carbonyl (C=O) groups is 1. The standard InChI is InChI=1S/C12H15NO2.2ClH.Ru/c1-9-7-5-6-8-11(9)13(3)10(2)12(14)15-4;;;/h1,5-8,10H,2-4H3;2*1H;/q;;;+2/p-2. The van der Waals surface area contributed by atoms with Crippen LogP contribution < -0.4 is 4.90 Å². The number of esters is 1. The van der Waals surface area contributed by atoms with E-state index < -0.39 is 13.5 Å². The number of hydrogen-bond acceptors (Lipinski definition) is 3. The zero-order chi connectivity index (χ0) is 13.7. The first-order valence-electron chi connectivity index (χ1n) is 5.20. The van der Waals surface area contributed by atoms with E-state index in [1.54, 1.807) is 6.92 Å². The van der Waals surface area contributed by atoms with Crippen molar-refractivity contribution in [1.29, 1.82) is 0 Å². The number of likely N-dealkylation sites (N-methyl/N-ethyl adjacent to an activating group) is 1. The molecule has 0 aromatic heterocycles. The molecule has 0 N–H and O–H groups in total. The van der Waals surface area contributed by atoms with Crippen molar-refractivity contribution >= 4 is 35.6 Å². The van der Waals surface area contributed by atoms with Crippen molar-refractivity contribution in [2.75, 3.05) is 19.1 Å². The van der Waals surface area contributed by atoms with Gasteiger partial charge in [0.05, 0.1) is 0 Å². The number of para-hydroxylation sites is 1. The molecule has 1 atom stereocenters. The molecular weight excluding hydrogens is 362 g/mol. The Bertz CT molecular complexity index is 461. The number of hydrogen-bond donors (Lipinski definition) is 0. The third kappa shape index (κ3) is 4.05. The van der Waals surface area contributed by atoms with Crippen molar-refractivity contribution in [2.45, 2.75) is 13.0 Å². The van der Waals surface area contributed by atoms with Gasteiger partial charge in [-0.3, -0.25) is 0 Å². The van der Waals surface area contributed by atoms with Crippen LogP contribution in [0.4, 0.5) is 5.69 Å². The van der Waals surface area contributed by atoms with E-state index in [2.05, 4.69) is 0 Å². The Morgan fingerprint density at radius 3 is 2.61 bits per heavy atom. The summed E-state index contributed by atoms with van der Waals surface area (Å²) in [6.45, 7) is 1.79. The van der Waals surface area contributed by atoms with Crippen LogP contribution in [0.1, 0.15) is 12.5 Å². The molecule has 18 heavy (non-hydrogen) atoms. The molecule has 6 heteroatoms. The number of anilines is 1. The molecule has 1 aromatic carbocycles. The summed E-state index contributed by atoms with van der Waals surface area (Å²) in [4.78, 5) is 13.4. The Balaban J connectivity index is 3.09. The molecule has 0 aliphatic heterocycles. The molecule has 0 heterocycles. The van der Waals surface area contributed by atoms with E-state index in [1.165, 1.54) is 7.11 Å². The number of methoxy groups -OCH3 is 1. The Morgan fingerprint density at radius 1 is 1.44 bits per heavy atom. The molecule has 102 valence electrons. The van der Waals surface area contributed by atoms with Gasteiger partial charge in [-0.2, -0.15) is 0 Å². The molecule has 0 bridgehead atoms. The van der Waals surface area contributed by atoms with Crippen molar-refractivity contribution in [3.8, 4) is 0 Å². The van der Waals surface area contributed by atoms with E-state index in [9.17, 15) is 4.79 Å². The van der Waals surface area contributed by atoms with Crippen LogP contribution in [-0.4, -0.2) is 30.8 Å². The SMILES string of the molecule is COC(=O)C(C)N(C)c1ccccc1[CH]=[Ru]([Cl])[Cl]. The molecule has 0 radical (unpaired) electrons. The summed E-state index contributed by atoms with van der Waals surface area (Å²) >= 11 is -1.89. The van der Waals surface area contributed by atoms with Crippen LogP contribution in [0.25, 0.3) is 0 Å². The van der Waals surface area contributed by atoms with Crippen molar-refractivity contribution in [3.05, 3.63) is 29.8 Å². The Kier molecular flexibility index (Phi) is 6.27. The first kappa shape index (κ1) is 15.6. The molecule has 1 rings (SSSR count). The molecule has 0 aliphatic carbocycles. The van der Waals surface area contributed by atoms with Crippen molar-refractivity contribution in [1.82, 2.24) is 0 Å². The van der Waals surface area contributed by atoms with Gasteiger partial charge >= 0.3 is 121 Å². The monoisotopic (exact) mass is 377 g/mol. The van der Waals surface area contributed by atoms with Crippen molar-refractivity contribution < 1.29 is 23.0 Å². The summed E-state index contributed by atoms with van der Waals surface area (Å²) in [5.74, 6) is -0.279. The second-order valence-corrected chi connectivity index (χ2v) is 9.40. The average molecular weight is 377 g/mol. The first-order valence-corrected chi connectivity index (χ1v) is 10.7. The maximum absolute atomic E-state index is 11.5. The van der Waals surface area contributed by atoms with Gasteiger partial charge in [0.2, 0.25) is 0 Å². The van der Waals surface area contributed by atoms with Gasteiger partial charge in [-0.15, -0.1) is 0 Å². The van der Waals surface area contributed by atoms with Gasteiger partial charge < -0.3 is 0 Å². The second-order valence-electron chi connectivity index (χ2n) is 3.68. The Labute approximate surface area is 120 Å². The van der Waals surface area contributed by atoms with Gasteiger partial charge in [-0.1, -0.05) is 0 Å². The van der Waals surface area contributed by atoms with E-state index in [0.717, 1.165) is 11.3 Å². The van der Waals surface area contributed by atoms with E-state index in [-0.39, 0.29) is 12.0 Å². The first-order chi connectivity index (χ1) is 8.47. The molecule has 1 aromatic rings. The third-order valence-corrected chi connectivity index (χ3v) is 4.46. The quantitative estimate of drug-likeness (QED) is 0.597. The predicted molar refractivity (Wildman–Crippen MR) is 73.2 cm³/mol. The fourth-order valence-corrected chi connectivity index (χ4v) is 3.33. The van der Waals surface area contributed by atoms with Crippen LogP contribution in [0.5, 0.6) is 0 Å². The molecular formula is C12H15Cl2NO2Ru. The van der Waals surface area contributed by atoms with E-state index >= 15 is 0 Å². The molecule has 0 aliphatic rings. The summed E-state index contributed by atoms with van der Waals surface area (Å²) in [5, 5.41) is 0. The fraction of sp³-hybridized carbons (Fsp3) is 0.333. The van der Waals surface area contributed by atoms with Gasteiger partial charge in [0, 0.05) is 0 Å². The molecule has 0 amide bonds. The summed E-state index contributed by atoms with van der Waals surface area (Å²) < 4.78 is 6.61. The molecule has 3 nitrogen and oxygen atoms in total. The molecule has 1 unspecified atom stereocenters. The second kappa shape index (κ2) is 7.23. The van der Waals surface area contributed by atoms with E-state index in [4.69, 9.17) is 24.1 Å². The van der Waals surface area contributed by atoms with Crippen LogP contribution in [0.15, 0.2) is 24.3 Å². The molecule has 0 saturated heterocycles. The van der Waals surface area contributed by atoms with Crippen LogP contribution in [0, 0.1) is 0 Å². The van der Waals surface area contributed by atoms with E-state index in [0.29, 0.717) is 0 Å². The fourth-order valence-electron chi connectivity index (χ4n) is 1.52. The molecule has 0 saturated carbocycles. The van der Waals surface area contributed by atoms with Crippen molar-refractivity contribution in [3.63, 3.8) is 0 Å². The van der Waals surface area contributed by atoms with Gasteiger partial charge in [0.25, 0.3) is 0 Å². The summed E-state index contributed by atoms with van der Waals surface area (Å²) in [7, 11) is 15.0. The summed E-state index contributed by atoms with van der Waals surface area (Å²) in [6, 6.07) is 7.32. The normalized spacial score (nSPS) is 12.6. The van der Waals surface area contributed by atoms with Gasteiger partial charge in [-0.25, -0.2) is 0 Å². The van der Waals surface area contributed by atoms with Crippen LogP contribution in [0.3, 0.4) is 0 Å². The minimum absolute atomic E-state index is 0.279. The molecule has 0 spiro atoms. The van der Waals surface area contributed by atoms with Crippen LogP contribution >= 0.6 is 19.4 Å². The number of carbonyl (C=O) groups excluding carboxylic acids is 1. The third-order valence-electron chi connectivity index (χ3n) is 2.63. The number of rotatable bonds is 4. The molecule has 0 fully saturated rings. The van der Waals surface area contributed by atoms with E-state index in [1.807, 2.05) is 40.8 Å². The van der Waals surface area contributed by atoms with Gasteiger partial charge in [-0.05, 0) is 0 Å². The maximum atomic E-state index is 11.5. The van der Waals surface area contributed by atoms with Crippen LogP contribution in [0.2, 0.25) is 0 Å². The predicted octanol–water partition coefficient (Wildman–Crippen LogP) is 2.76. The minimum atomic E-state index is -1.89. The van der Waals surface area contributed by atoms with Gasteiger partial charge in [0.1, 0.15) is 0 Å². The van der Waals surface area contributed by atoms with Crippen molar-refractivity contribution in [2.24, 2.45) is 0 Å².